The van der Waals surface area contributed by atoms with Crippen molar-refractivity contribution in [2.75, 3.05) is 14.2 Å². The molecule has 0 N–H and O–H groups in total. The van der Waals surface area contributed by atoms with Crippen molar-refractivity contribution in [1.82, 2.24) is 0 Å². The summed E-state index contributed by atoms with van der Waals surface area (Å²) in [6, 6.07) is 15.1. The molecule has 0 spiro atoms. The van der Waals surface area contributed by atoms with Gasteiger partial charge in [0.1, 0.15) is 12.2 Å². The topological polar surface area (TPSA) is 57.9 Å². The number of rotatable bonds is 6. The zero-order valence-corrected chi connectivity index (χ0v) is 19.3. The third-order valence-electron chi connectivity index (χ3n) is 4.88. The standard InChI is InChI=1S/C24H17Cl3O5/c1-29-20-8-6-13(10-21(20)30-2)23-24(31-12-16-17(26)4-3-5-18(16)27)22(28)15-11-14(25)7-9-19(15)32-23/h3-11H,12H2,1-2H3. The lowest BCUT2D eigenvalue weighted by molar-refractivity contribution is 0.298. The summed E-state index contributed by atoms with van der Waals surface area (Å²) in [5.41, 5.74) is 1.12. The first-order chi connectivity index (χ1) is 15.4. The van der Waals surface area contributed by atoms with Crippen LogP contribution in [0.25, 0.3) is 22.3 Å². The number of fused-ring (bicyclic) bond motifs is 1. The van der Waals surface area contributed by atoms with Gasteiger partial charge < -0.3 is 18.6 Å². The van der Waals surface area contributed by atoms with E-state index in [0.717, 1.165) is 0 Å². The fraction of sp³-hybridized carbons (Fsp3) is 0.125. The van der Waals surface area contributed by atoms with Crippen LogP contribution in [0, 0.1) is 0 Å². The van der Waals surface area contributed by atoms with Crippen LogP contribution in [0.3, 0.4) is 0 Å². The van der Waals surface area contributed by atoms with Gasteiger partial charge in [0.15, 0.2) is 17.3 Å². The summed E-state index contributed by atoms with van der Waals surface area (Å²) in [6.45, 7) is -0.0321. The summed E-state index contributed by atoms with van der Waals surface area (Å²) >= 11 is 18.6. The zero-order valence-electron chi connectivity index (χ0n) is 17.1. The van der Waals surface area contributed by atoms with Crippen LogP contribution in [0.2, 0.25) is 15.1 Å². The van der Waals surface area contributed by atoms with E-state index in [1.54, 1.807) is 55.6 Å². The summed E-state index contributed by atoms with van der Waals surface area (Å²) in [4.78, 5) is 13.4. The molecule has 0 saturated heterocycles. The van der Waals surface area contributed by atoms with E-state index in [0.29, 0.717) is 48.7 Å². The monoisotopic (exact) mass is 490 g/mol. The van der Waals surface area contributed by atoms with Gasteiger partial charge in [-0.25, -0.2) is 0 Å². The first-order valence-corrected chi connectivity index (χ1v) is 10.6. The average molecular weight is 492 g/mol. The van der Waals surface area contributed by atoms with E-state index >= 15 is 0 Å². The molecule has 0 unspecified atom stereocenters. The quantitative estimate of drug-likeness (QED) is 0.290. The largest absolute Gasteiger partial charge is 0.493 e. The highest BCUT2D eigenvalue weighted by Crippen LogP contribution is 2.37. The lowest BCUT2D eigenvalue weighted by atomic mass is 10.1. The highest BCUT2D eigenvalue weighted by atomic mass is 35.5. The molecule has 0 fully saturated rings. The van der Waals surface area contributed by atoms with Crippen molar-refractivity contribution in [3.8, 4) is 28.6 Å². The third kappa shape index (κ3) is 4.24. The molecule has 1 heterocycles. The van der Waals surface area contributed by atoms with E-state index < -0.39 is 0 Å². The van der Waals surface area contributed by atoms with E-state index in [-0.39, 0.29) is 23.5 Å². The molecule has 4 rings (SSSR count). The van der Waals surface area contributed by atoms with Crippen molar-refractivity contribution in [3.63, 3.8) is 0 Å². The van der Waals surface area contributed by atoms with Crippen LogP contribution < -0.4 is 19.6 Å². The van der Waals surface area contributed by atoms with Crippen LogP contribution >= 0.6 is 34.8 Å². The van der Waals surface area contributed by atoms with Gasteiger partial charge in [0.2, 0.25) is 11.2 Å². The van der Waals surface area contributed by atoms with Gasteiger partial charge >= 0.3 is 0 Å². The number of ether oxygens (including phenoxy) is 3. The SMILES string of the molecule is COc1ccc(-c2oc3ccc(Cl)cc3c(=O)c2OCc2c(Cl)cccc2Cl)cc1OC. The van der Waals surface area contributed by atoms with Crippen LogP contribution in [0.1, 0.15) is 5.56 Å². The zero-order chi connectivity index (χ0) is 22.8. The molecule has 0 saturated carbocycles. The molecule has 3 aromatic carbocycles. The van der Waals surface area contributed by atoms with E-state index in [1.807, 2.05) is 0 Å². The van der Waals surface area contributed by atoms with Gasteiger partial charge in [-0.1, -0.05) is 40.9 Å². The lowest BCUT2D eigenvalue weighted by Crippen LogP contribution is -2.11. The maximum atomic E-state index is 13.4. The molecule has 0 aliphatic carbocycles. The maximum Gasteiger partial charge on any atom is 0.235 e. The summed E-state index contributed by atoms with van der Waals surface area (Å²) in [6.07, 6.45) is 0. The number of hydrogen-bond acceptors (Lipinski definition) is 5. The molecule has 8 heteroatoms. The highest BCUT2D eigenvalue weighted by molar-refractivity contribution is 6.36. The Morgan fingerprint density at radius 3 is 2.28 bits per heavy atom. The maximum absolute atomic E-state index is 13.4. The van der Waals surface area contributed by atoms with Crippen LogP contribution in [0.4, 0.5) is 0 Å². The molecule has 0 amide bonds. The minimum Gasteiger partial charge on any atom is -0.493 e. The minimum atomic E-state index is -0.373. The summed E-state index contributed by atoms with van der Waals surface area (Å²) in [7, 11) is 3.07. The summed E-state index contributed by atoms with van der Waals surface area (Å²) in [5, 5.41) is 1.56. The van der Waals surface area contributed by atoms with E-state index in [4.69, 9.17) is 53.4 Å². The molecular weight excluding hydrogens is 475 g/mol. The Bertz CT molecular complexity index is 1340. The molecule has 0 atom stereocenters. The molecule has 164 valence electrons. The second-order valence-corrected chi connectivity index (χ2v) is 8.04. The Balaban J connectivity index is 1.89. The molecule has 1 aromatic heterocycles. The van der Waals surface area contributed by atoms with Gasteiger partial charge in [0, 0.05) is 26.2 Å². The summed E-state index contributed by atoms with van der Waals surface area (Å²) in [5.74, 6) is 1.25. The molecule has 0 radical (unpaired) electrons. The van der Waals surface area contributed by atoms with Crippen LogP contribution in [-0.4, -0.2) is 14.2 Å². The molecule has 4 aromatic rings. The van der Waals surface area contributed by atoms with E-state index in [2.05, 4.69) is 0 Å². The lowest BCUT2D eigenvalue weighted by Gasteiger charge is -2.14. The number of benzene rings is 3. The molecular formula is C24H17Cl3O5. The molecule has 5 nitrogen and oxygen atoms in total. The van der Waals surface area contributed by atoms with Crippen molar-refractivity contribution < 1.29 is 18.6 Å². The molecule has 0 aliphatic heterocycles. The Morgan fingerprint density at radius 2 is 1.59 bits per heavy atom. The second kappa shape index (κ2) is 9.33. The van der Waals surface area contributed by atoms with E-state index in [1.165, 1.54) is 13.2 Å². The van der Waals surface area contributed by atoms with Crippen molar-refractivity contribution >= 4 is 45.8 Å². The number of methoxy groups -OCH3 is 2. The van der Waals surface area contributed by atoms with Gasteiger partial charge in [0.05, 0.1) is 19.6 Å². The van der Waals surface area contributed by atoms with Crippen molar-refractivity contribution in [3.05, 3.63) is 85.5 Å². The first kappa shape index (κ1) is 22.3. The first-order valence-electron chi connectivity index (χ1n) is 9.47. The van der Waals surface area contributed by atoms with Gasteiger partial charge in [0.25, 0.3) is 0 Å². The Morgan fingerprint density at radius 1 is 0.875 bits per heavy atom. The predicted molar refractivity (Wildman–Crippen MR) is 127 cm³/mol. The van der Waals surface area contributed by atoms with Gasteiger partial charge in [-0.2, -0.15) is 0 Å². The van der Waals surface area contributed by atoms with E-state index in [9.17, 15) is 4.79 Å². The van der Waals surface area contributed by atoms with Crippen molar-refractivity contribution in [2.45, 2.75) is 6.61 Å². The van der Waals surface area contributed by atoms with Crippen LogP contribution in [0.5, 0.6) is 17.2 Å². The van der Waals surface area contributed by atoms with Crippen molar-refractivity contribution in [2.24, 2.45) is 0 Å². The normalized spacial score (nSPS) is 10.9. The number of halogens is 3. The summed E-state index contributed by atoms with van der Waals surface area (Å²) < 4.78 is 22.7. The Hall–Kier alpha value is -2.86. The molecule has 0 bridgehead atoms. The van der Waals surface area contributed by atoms with Gasteiger partial charge in [-0.05, 0) is 48.5 Å². The Labute approximate surface area is 199 Å². The van der Waals surface area contributed by atoms with Gasteiger partial charge in [-0.3, -0.25) is 4.79 Å². The fourth-order valence-corrected chi connectivity index (χ4v) is 3.94. The second-order valence-electron chi connectivity index (χ2n) is 6.79. The van der Waals surface area contributed by atoms with Crippen LogP contribution in [0.15, 0.2) is 63.8 Å². The highest BCUT2D eigenvalue weighted by Gasteiger charge is 2.20. The Kier molecular flexibility index (Phi) is 6.51. The van der Waals surface area contributed by atoms with Gasteiger partial charge in [-0.15, -0.1) is 0 Å². The predicted octanol–water partition coefficient (Wildman–Crippen LogP) is 7.02. The minimum absolute atomic E-state index is 0.00275. The molecule has 0 aliphatic rings. The third-order valence-corrected chi connectivity index (χ3v) is 5.82. The van der Waals surface area contributed by atoms with Crippen molar-refractivity contribution in [1.29, 1.82) is 0 Å². The fourth-order valence-electron chi connectivity index (χ4n) is 3.26. The number of hydrogen-bond donors (Lipinski definition) is 0. The average Bonchev–Trinajstić information content (AvgIpc) is 2.79. The molecule has 32 heavy (non-hydrogen) atoms. The smallest absolute Gasteiger partial charge is 0.235 e. The van der Waals surface area contributed by atoms with Crippen LogP contribution in [-0.2, 0) is 6.61 Å².